The van der Waals surface area contributed by atoms with E-state index in [1.54, 1.807) is 0 Å². The van der Waals surface area contributed by atoms with Crippen molar-refractivity contribution in [2.75, 3.05) is 6.54 Å². The molecule has 2 aliphatic rings. The lowest BCUT2D eigenvalue weighted by atomic mass is 9.86. The predicted molar refractivity (Wildman–Crippen MR) is 96.0 cm³/mol. The maximum absolute atomic E-state index is 13.1. The molecule has 2 heterocycles. The van der Waals surface area contributed by atoms with Crippen LogP contribution < -0.4 is 5.43 Å². The molecule has 0 aromatic heterocycles. The number of carbonyl (C=O) groups is 1. The Morgan fingerprint density at radius 2 is 1.88 bits per heavy atom. The van der Waals surface area contributed by atoms with Crippen LogP contribution >= 0.6 is 15.9 Å². The van der Waals surface area contributed by atoms with Crippen molar-refractivity contribution in [1.29, 1.82) is 0 Å². The fourth-order valence-corrected chi connectivity index (χ4v) is 3.49. The van der Waals surface area contributed by atoms with Gasteiger partial charge in [-0.1, -0.05) is 58.4 Å². The Morgan fingerprint density at radius 3 is 2.58 bits per heavy atom. The van der Waals surface area contributed by atoms with E-state index in [4.69, 9.17) is 4.74 Å². The highest BCUT2D eigenvalue weighted by molar-refractivity contribution is 9.10. The second-order valence-electron chi connectivity index (χ2n) is 6.31. The summed E-state index contributed by atoms with van der Waals surface area (Å²) in [4.78, 5) is 13.1. The van der Waals surface area contributed by atoms with Gasteiger partial charge in [0.1, 0.15) is 11.8 Å². The van der Waals surface area contributed by atoms with E-state index in [1.807, 2.05) is 61.5 Å². The Kier molecular flexibility index (Phi) is 3.77. The van der Waals surface area contributed by atoms with Crippen LogP contribution in [0.3, 0.4) is 0 Å². The summed E-state index contributed by atoms with van der Waals surface area (Å²) in [6, 6.07) is 17.9. The van der Waals surface area contributed by atoms with Crippen molar-refractivity contribution in [1.82, 2.24) is 5.43 Å². The van der Waals surface area contributed by atoms with Gasteiger partial charge in [0, 0.05) is 11.0 Å². The Hall–Kier alpha value is -1.98. The summed E-state index contributed by atoms with van der Waals surface area (Å²) in [5.41, 5.74) is 4.81. The minimum atomic E-state index is -0.820. The highest BCUT2D eigenvalue weighted by Gasteiger charge is 2.61. The summed E-state index contributed by atoms with van der Waals surface area (Å²) in [5, 5.41) is 4.28. The summed E-state index contributed by atoms with van der Waals surface area (Å²) in [6.07, 6.45) is -0.194. The number of hydrogen-bond acceptors (Lipinski definition) is 4. The molecule has 0 aliphatic carbocycles. The minimum absolute atomic E-state index is 0.0331. The van der Waals surface area contributed by atoms with Crippen molar-refractivity contribution < 1.29 is 9.53 Å². The van der Waals surface area contributed by atoms with Crippen molar-refractivity contribution in [2.24, 2.45) is 5.10 Å². The van der Waals surface area contributed by atoms with Crippen LogP contribution in [-0.2, 0) is 9.53 Å². The Balaban J connectivity index is 1.57. The van der Waals surface area contributed by atoms with E-state index in [1.165, 1.54) is 0 Å². The first kappa shape index (κ1) is 15.5. The molecule has 1 saturated heterocycles. The van der Waals surface area contributed by atoms with Crippen LogP contribution in [0.2, 0.25) is 0 Å². The summed E-state index contributed by atoms with van der Waals surface area (Å²) in [5.74, 6) is -0.0719. The number of Topliss-reactive ketones (excluding diaryl/α,β-unsaturated/α-hetero) is 1. The van der Waals surface area contributed by atoms with Crippen molar-refractivity contribution in [2.45, 2.75) is 24.5 Å². The summed E-state index contributed by atoms with van der Waals surface area (Å²) in [7, 11) is 0. The molecular formula is C19H17BrN2O2. The lowest BCUT2D eigenvalue weighted by Gasteiger charge is -2.13. The van der Waals surface area contributed by atoms with E-state index >= 15 is 0 Å². The number of nitrogens with zero attached hydrogens (tertiary/aromatic N) is 1. The molecule has 0 spiro atoms. The smallest absolute Gasteiger partial charge is 0.214 e. The third-order valence-corrected chi connectivity index (χ3v) is 5.22. The molecule has 1 N–H and O–H groups in total. The van der Waals surface area contributed by atoms with Crippen LogP contribution in [0.15, 0.2) is 64.2 Å². The number of hydrazone groups is 1. The van der Waals surface area contributed by atoms with Gasteiger partial charge in [-0.3, -0.25) is 4.79 Å². The van der Waals surface area contributed by atoms with E-state index in [2.05, 4.69) is 26.5 Å². The molecule has 3 atom stereocenters. The number of carbonyl (C=O) groups excluding carboxylic acids is 1. The van der Waals surface area contributed by atoms with Gasteiger partial charge in [0.2, 0.25) is 5.78 Å². The topological polar surface area (TPSA) is 54.0 Å². The van der Waals surface area contributed by atoms with Gasteiger partial charge < -0.3 is 10.2 Å². The highest BCUT2D eigenvalue weighted by atomic mass is 79.9. The normalized spacial score (nSPS) is 28.2. The molecule has 2 aromatic rings. The molecule has 1 fully saturated rings. The number of epoxide rings is 1. The third kappa shape index (κ3) is 2.58. The molecule has 0 bridgehead atoms. The zero-order valence-electron chi connectivity index (χ0n) is 13.2. The van der Waals surface area contributed by atoms with Crippen molar-refractivity contribution in [3.63, 3.8) is 0 Å². The highest BCUT2D eigenvalue weighted by Crippen LogP contribution is 2.50. The van der Waals surface area contributed by atoms with Gasteiger partial charge in [0.15, 0.2) is 5.60 Å². The lowest BCUT2D eigenvalue weighted by Crippen LogP contribution is -2.32. The van der Waals surface area contributed by atoms with Crippen molar-refractivity contribution in [3.05, 3.63) is 70.2 Å². The Morgan fingerprint density at radius 1 is 1.17 bits per heavy atom. The Bertz CT molecular complexity index is 804. The minimum Gasteiger partial charge on any atom is -0.352 e. The van der Waals surface area contributed by atoms with Crippen LogP contribution in [0.1, 0.15) is 30.1 Å². The van der Waals surface area contributed by atoms with Gasteiger partial charge >= 0.3 is 0 Å². The van der Waals surface area contributed by atoms with Crippen LogP contribution in [0.4, 0.5) is 0 Å². The maximum atomic E-state index is 13.1. The van der Waals surface area contributed by atoms with Crippen LogP contribution in [0.5, 0.6) is 0 Å². The quantitative estimate of drug-likeness (QED) is 0.819. The molecule has 0 amide bonds. The number of rotatable bonds is 4. The van der Waals surface area contributed by atoms with Gasteiger partial charge in [-0.05, 0) is 30.2 Å². The van der Waals surface area contributed by atoms with Crippen LogP contribution in [0, 0.1) is 0 Å². The van der Waals surface area contributed by atoms with E-state index < -0.39 is 5.60 Å². The van der Waals surface area contributed by atoms with Gasteiger partial charge in [0.25, 0.3) is 0 Å². The van der Waals surface area contributed by atoms with E-state index in [0.717, 1.165) is 15.6 Å². The Labute approximate surface area is 149 Å². The fourth-order valence-electron chi connectivity index (χ4n) is 3.23. The van der Waals surface area contributed by atoms with E-state index in [0.29, 0.717) is 12.3 Å². The first-order chi connectivity index (χ1) is 11.6. The molecule has 24 heavy (non-hydrogen) atoms. The number of nitrogens with one attached hydrogen (secondary N) is 1. The SMILES string of the molecule is CC1(C(=O)C2=NNCC2c2ccc(Br)cc2)OC1c1ccccc1. The lowest BCUT2D eigenvalue weighted by molar-refractivity contribution is -0.117. The van der Waals surface area contributed by atoms with Crippen molar-refractivity contribution in [3.8, 4) is 0 Å². The number of ketones is 1. The first-order valence-electron chi connectivity index (χ1n) is 7.93. The number of hydrogen-bond donors (Lipinski definition) is 1. The van der Waals surface area contributed by atoms with Crippen LogP contribution in [-0.4, -0.2) is 23.6 Å². The molecule has 4 rings (SSSR count). The molecule has 0 radical (unpaired) electrons. The summed E-state index contributed by atoms with van der Waals surface area (Å²) >= 11 is 3.44. The van der Waals surface area contributed by atoms with Gasteiger partial charge in [0.05, 0.1) is 5.92 Å². The second-order valence-corrected chi connectivity index (χ2v) is 7.22. The number of benzene rings is 2. The number of halogens is 1. The summed E-state index contributed by atoms with van der Waals surface area (Å²) in [6.45, 7) is 2.49. The van der Waals surface area contributed by atoms with E-state index in [9.17, 15) is 4.79 Å². The molecule has 122 valence electrons. The first-order valence-corrected chi connectivity index (χ1v) is 8.72. The molecule has 4 nitrogen and oxygen atoms in total. The summed E-state index contributed by atoms with van der Waals surface area (Å²) < 4.78 is 6.82. The van der Waals surface area contributed by atoms with Gasteiger partial charge in [-0.15, -0.1) is 0 Å². The second kappa shape index (κ2) is 5.83. The number of ether oxygens (including phenoxy) is 1. The van der Waals surface area contributed by atoms with Gasteiger partial charge in [-0.2, -0.15) is 5.10 Å². The predicted octanol–water partition coefficient (Wildman–Crippen LogP) is 3.59. The monoisotopic (exact) mass is 384 g/mol. The van der Waals surface area contributed by atoms with Gasteiger partial charge in [-0.25, -0.2) is 0 Å². The van der Waals surface area contributed by atoms with Crippen LogP contribution in [0.25, 0.3) is 0 Å². The molecule has 2 aliphatic heterocycles. The molecular weight excluding hydrogens is 368 g/mol. The molecule has 0 saturated carbocycles. The van der Waals surface area contributed by atoms with E-state index in [-0.39, 0.29) is 17.8 Å². The average molecular weight is 385 g/mol. The zero-order chi connectivity index (χ0) is 16.7. The maximum Gasteiger partial charge on any atom is 0.214 e. The third-order valence-electron chi connectivity index (χ3n) is 4.69. The molecule has 2 aromatic carbocycles. The standard InChI is InChI=1S/C19H17BrN2O2/c1-19(18(24-19)13-5-3-2-4-6-13)17(23)16-15(11-21-22-16)12-7-9-14(20)10-8-12/h2-10,15,18,21H,11H2,1H3. The molecule has 3 unspecified atom stereocenters. The average Bonchev–Trinajstić information content (AvgIpc) is 3.08. The van der Waals surface area contributed by atoms with Crippen molar-refractivity contribution >= 4 is 27.4 Å². The fraction of sp³-hybridized carbons (Fsp3) is 0.263. The zero-order valence-corrected chi connectivity index (χ0v) is 14.8. The largest absolute Gasteiger partial charge is 0.352 e. The molecule has 5 heteroatoms.